The standard InChI is InChI=1S/C17H25N3OS/c1-2-11-18-12-13-19-16(21)9-5-6-10-17-20-14-7-3-4-8-15(14)22-17/h3-4,7-8,18H,2,5-6,9-13H2,1H3,(H,19,21). The van der Waals surface area contributed by atoms with Gasteiger partial charge in [0, 0.05) is 19.5 Å². The number of thiazole rings is 1. The zero-order valence-corrected chi connectivity index (χ0v) is 14.0. The summed E-state index contributed by atoms with van der Waals surface area (Å²) in [4.78, 5) is 16.3. The van der Waals surface area contributed by atoms with Crippen LogP contribution in [0.15, 0.2) is 24.3 Å². The number of unbranched alkanes of at least 4 members (excludes halogenated alkanes) is 1. The van der Waals surface area contributed by atoms with E-state index < -0.39 is 0 Å². The summed E-state index contributed by atoms with van der Waals surface area (Å²) in [5.74, 6) is 0.155. The van der Waals surface area contributed by atoms with Crippen LogP contribution in [0.3, 0.4) is 0 Å². The second-order valence-corrected chi connectivity index (χ2v) is 6.50. The monoisotopic (exact) mass is 319 g/mol. The molecule has 0 fully saturated rings. The Bertz CT molecular complexity index is 549. The van der Waals surface area contributed by atoms with Crippen LogP contribution in [0.5, 0.6) is 0 Å². The molecule has 2 rings (SSSR count). The van der Waals surface area contributed by atoms with Crippen molar-refractivity contribution in [2.24, 2.45) is 0 Å². The molecule has 0 aliphatic carbocycles. The Balaban J connectivity index is 1.57. The Hall–Kier alpha value is -1.46. The highest BCUT2D eigenvalue weighted by Crippen LogP contribution is 2.22. The molecule has 0 bridgehead atoms. The van der Waals surface area contributed by atoms with E-state index in [1.54, 1.807) is 11.3 Å². The summed E-state index contributed by atoms with van der Waals surface area (Å²) in [6, 6.07) is 8.22. The molecule has 4 nitrogen and oxygen atoms in total. The second kappa shape index (κ2) is 9.54. The van der Waals surface area contributed by atoms with Crippen LogP contribution in [0.1, 0.15) is 37.6 Å². The molecular weight excluding hydrogens is 294 g/mol. The van der Waals surface area contributed by atoms with Crippen LogP contribution in [0.4, 0.5) is 0 Å². The van der Waals surface area contributed by atoms with Gasteiger partial charge in [-0.3, -0.25) is 4.79 Å². The molecule has 2 N–H and O–H groups in total. The molecule has 5 heteroatoms. The molecule has 1 amide bonds. The fourth-order valence-corrected chi connectivity index (χ4v) is 3.28. The average molecular weight is 319 g/mol. The molecule has 120 valence electrons. The zero-order valence-electron chi connectivity index (χ0n) is 13.2. The number of benzene rings is 1. The van der Waals surface area contributed by atoms with Crippen molar-refractivity contribution >= 4 is 27.5 Å². The van der Waals surface area contributed by atoms with Crippen molar-refractivity contribution in [3.8, 4) is 0 Å². The van der Waals surface area contributed by atoms with E-state index in [-0.39, 0.29) is 5.91 Å². The van der Waals surface area contributed by atoms with Gasteiger partial charge < -0.3 is 10.6 Å². The molecule has 0 aliphatic heterocycles. The second-order valence-electron chi connectivity index (χ2n) is 5.38. The number of nitrogens with one attached hydrogen (secondary N) is 2. The molecule has 0 unspecified atom stereocenters. The van der Waals surface area contributed by atoms with E-state index in [2.05, 4.69) is 34.7 Å². The van der Waals surface area contributed by atoms with Crippen molar-refractivity contribution in [2.75, 3.05) is 19.6 Å². The minimum atomic E-state index is 0.155. The number of para-hydroxylation sites is 1. The summed E-state index contributed by atoms with van der Waals surface area (Å²) in [7, 11) is 0. The van der Waals surface area contributed by atoms with E-state index >= 15 is 0 Å². The van der Waals surface area contributed by atoms with Crippen LogP contribution < -0.4 is 10.6 Å². The maximum atomic E-state index is 11.7. The van der Waals surface area contributed by atoms with Gasteiger partial charge in [-0.2, -0.15) is 0 Å². The number of hydrogen-bond donors (Lipinski definition) is 2. The van der Waals surface area contributed by atoms with E-state index in [0.717, 1.165) is 50.8 Å². The maximum absolute atomic E-state index is 11.7. The minimum Gasteiger partial charge on any atom is -0.355 e. The van der Waals surface area contributed by atoms with E-state index in [4.69, 9.17) is 0 Å². The lowest BCUT2D eigenvalue weighted by molar-refractivity contribution is -0.121. The number of carbonyl (C=O) groups excluding carboxylic acids is 1. The Morgan fingerprint density at radius 1 is 1.18 bits per heavy atom. The van der Waals surface area contributed by atoms with Crippen LogP contribution in [0.25, 0.3) is 10.2 Å². The van der Waals surface area contributed by atoms with Crippen LogP contribution in [-0.2, 0) is 11.2 Å². The molecule has 0 aliphatic rings. The number of aryl methyl sites for hydroxylation is 1. The third kappa shape index (κ3) is 5.73. The number of rotatable bonds is 10. The summed E-state index contributed by atoms with van der Waals surface area (Å²) in [5.41, 5.74) is 1.08. The fraction of sp³-hybridized carbons (Fsp3) is 0.529. The van der Waals surface area contributed by atoms with Gasteiger partial charge >= 0.3 is 0 Å². The number of nitrogens with zero attached hydrogens (tertiary/aromatic N) is 1. The van der Waals surface area contributed by atoms with Gasteiger partial charge in [0.25, 0.3) is 0 Å². The lowest BCUT2D eigenvalue weighted by Crippen LogP contribution is -2.31. The van der Waals surface area contributed by atoms with Crippen LogP contribution in [0.2, 0.25) is 0 Å². The zero-order chi connectivity index (χ0) is 15.6. The highest BCUT2D eigenvalue weighted by Gasteiger charge is 2.04. The Kier molecular flexibility index (Phi) is 7.33. The molecule has 22 heavy (non-hydrogen) atoms. The highest BCUT2D eigenvalue weighted by atomic mass is 32.1. The normalized spacial score (nSPS) is 11.0. The molecule has 1 heterocycles. The molecule has 0 saturated carbocycles. The predicted molar refractivity (Wildman–Crippen MR) is 93.3 cm³/mol. The van der Waals surface area contributed by atoms with Crippen LogP contribution in [0, 0.1) is 0 Å². The number of hydrogen-bond acceptors (Lipinski definition) is 4. The molecule has 0 spiro atoms. The predicted octanol–water partition coefficient (Wildman–Crippen LogP) is 3.12. The fourth-order valence-electron chi connectivity index (χ4n) is 2.27. The van der Waals surface area contributed by atoms with Crippen molar-refractivity contribution in [1.29, 1.82) is 0 Å². The van der Waals surface area contributed by atoms with E-state index in [9.17, 15) is 4.79 Å². The topological polar surface area (TPSA) is 54.0 Å². The smallest absolute Gasteiger partial charge is 0.220 e. The average Bonchev–Trinajstić information content (AvgIpc) is 2.94. The maximum Gasteiger partial charge on any atom is 0.220 e. The van der Waals surface area contributed by atoms with Crippen molar-refractivity contribution in [1.82, 2.24) is 15.6 Å². The summed E-state index contributed by atoms with van der Waals surface area (Å²) in [5, 5.41) is 7.39. The SMILES string of the molecule is CCCNCCNC(=O)CCCCc1nc2ccccc2s1. The first-order valence-electron chi connectivity index (χ1n) is 8.11. The lowest BCUT2D eigenvalue weighted by Gasteiger charge is -2.05. The number of aromatic nitrogens is 1. The largest absolute Gasteiger partial charge is 0.355 e. The molecule has 1 aromatic heterocycles. The lowest BCUT2D eigenvalue weighted by atomic mass is 10.2. The first-order chi connectivity index (χ1) is 10.8. The molecule has 0 radical (unpaired) electrons. The molecular formula is C17H25N3OS. The number of amides is 1. The van der Waals surface area contributed by atoms with Crippen LogP contribution >= 0.6 is 11.3 Å². The minimum absolute atomic E-state index is 0.155. The van der Waals surface area contributed by atoms with Gasteiger partial charge in [-0.05, 0) is 44.4 Å². The van der Waals surface area contributed by atoms with E-state index in [0.29, 0.717) is 6.42 Å². The Labute approximate surface area is 136 Å². The summed E-state index contributed by atoms with van der Waals surface area (Å²) >= 11 is 1.76. The van der Waals surface area contributed by atoms with Gasteiger partial charge in [-0.15, -0.1) is 11.3 Å². The highest BCUT2D eigenvalue weighted by molar-refractivity contribution is 7.18. The first kappa shape index (κ1) is 16.9. The number of fused-ring (bicyclic) bond motifs is 1. The van der Waals surface area contributed by atoms with E-state index in [1.807, 2.05) is 12.1 Å². The van der Waals surface area contributed by atoms with Crippen LogP contribution in [-0.4, -0.2) is 30.5 Å². The third-order valence-corrected chi connectivity index (χ3v) is 4.53. The van der Waals surface area contributed by atoms with Gasteiger partial charge in [0.2, 0.25) is 5.91 Å². The summed E-state index contributed by atoms with van der Waals surface area (Å²) in [6.07, 6.45) is 4.63. The van der Waals surface area contributed by atoms with Gasteiger partial charge in [0.15, 0.2) is 0 Å². The van der Waals surface area contributed by atoms with Crippen molar-refractivity contribution in [3.05, 3.63) is 29.3 Å². The van der Waals surface area contributed by atoms with Crippen molar-refractivity contribution in [3.63, 3.8) is 0 Å². The Morgan fingerprint density at radius 3 is 2.86 bits per heavy atom. The Morgan fingerprint density at radius 2 is 2.05 bits per heavy atom. The molecule has 2 aromatic rings. The number of carbonyl (C=O) groups is 1. The van der Waals surface area contributed by atoms with Gasteiger partial charge in [0.1, 0.15) is 0 Å². The first-order valence-corrected chi connectivity index (χ1v) is 8.93. The molecule has 0 atom stereocenters. The summed E-state index contributed by atoms with van der Waals surface area (Å²) < 4.78 is 1.25. The molecule has 1 aromatic carbocycles. The molecule has 0 saturated heterocycles. The quantitative estimate of drug-likeness (QED) is 0.662. The summed E-state index contributed by atoms with van der Waals surface area (Å²) in [6.45, 7) is 4.72. The van der Waals surface area contributed by atoms with Crippen molar-refractivity contribution in [2.45, 2.75) is 39.0 Å². The van der Waals surface area contributed by atoms with Crippen molar-refractivity contribution < 1.29 is 4.79 Å². The van der Waals surface area contributed by atoms with Gasteiger partial charge in [-0.1, -0.05) is 19.1 Å². The van der Waals surface area contributed by atoms with E-state index in [1.165, 1.54) is 9.71 Å². The van der Waals surface area contributed by atoms with Gasteiger partial charge in [-0.25, -0.2) is 4.98 Å². The van der Waals surface area contributed by atoms with Gasteiger partial charge in [0.05, 0.1) is 15.2 Å². The third-order valence-electron chi connectivity index (χ3n) is 3.43.